The Morgan fingerprint density at radius 2 is 1.82 bits per heavy atom. The van der Waals surface area contributed by atoms with Gasteiger partial charge >= 0.3 is 6.36 Å². The summed E-state index contributed by atoms with van der Waals surface area (Å²) in [5.41, 5.74) is 4.19. The molecule has 1 fully saturated rings. The number of amidine groups is 1. The van der Waals surface area contributed by atoms with E-state index < -0.39 is 6.36 Å². The molecule has 1 unspecified atom stereocenters. The Kier molecular flexibility index (Phi) is 7.62. The van der Waals surface area contributed by atoms with Crippen molar-refractivity contribution in [2.45, 2.75) is 26.3 Å². The average Bonchev–Trinajstić information content (AvgIpc) is 3.52. The van der Waals surface area contributed by atoms with Crippen molar-refractivity contribution in [1.82, 2.24) is 14.8 Å². The van der Waals surface area contributed by atoms with E-state index in [1.54, 1.807) is 18.0 Å². The number of hydrogen-bond acceptors (Lipinski definition) is 6. The molecule has 0 radical (unpaired) electrons. The first-order valence-electron chi connectivity index (χ1n) is 11.8. The SMILES string of the molecule is Cc1cccc(Cl)c1N1/C(=N/N=C/c2ccc(-c3ncn(-c4ccc(OC(F)(F)F)cc4)n3)cc2)SCC1C. The maximum absolute atomic E-state index is 12.4. The van der Waals surface area contributed by atoms with Crippen LogP contribution >= 0.6 is 23.4 Å². The largest absolute Gasteiger partial charge is 0.573 e. The van der Waals surface area contributed by atoms with Gasteiger partial charge in [0, 0.05) is 17.4 Å². The molecule has 3 aromatic carbocycles. The van der Waals surface area contributed by atoms with Crippen molar-refractivity contribution in [3.63, 3.8) is 0 Å². The van der Waals surface area contributed by atoms with E-state index >= 15 is 0 Å². The predicted molar refractivity (Wildman–Crippen MR) is 149 cm³/mol. The molecule has 0 aliphatic carbocycles. The van der Waals surface area contributed by atoms with E-state index in [0.717, 1.165) is 33.3 Å². The number of aromatic nitrogens is 3. The minimum absolute atomic E-state index is 0.236. The fraction of sp³-hybridized carbons (Fsp3) is 0.185. The van der Waals surface area contributed by atoms with E-state index in [4.69, 9.17) is 11.6 Å². The van der Waals surface area contributed by atoms with Crippen LogP contribution < -0.4 is 9.64 Å². The van der Waals surface area contributed by atoms with Crippen molar-refractivity contribution in [2.24, 2.45) is 10.2 Å². The van der Waals surface area contributed by atoms with E-state index in [9.17, 15) is 13.2 Å². The minimum atomic E-state index is -4.74. The van der Waals surface area contributed by atoms with Crippen LogP contribution in [0.15, 0.2) is 83.3 Å². The van der Waals surface area contributed by atoms with Gasteiger partial charge in [-0.05, 0) is 55.3 Å². The molecule has 0 saturated carbocycles. The Balaban J connectivity index is 1.27. The highest BCUT2D eigenvalue weighted by Gasteiger charge is 2.31. The summed E-state index contributed by atoms with van der Waals surface area (Å²) < 4.78 is 42.5. The van der Waals surface area contributed by atoms with Gasteiger partial charge < -0.3 is 9.64 Å². The van der Waals surface area contributed by atoms with Crippen LogP contribution in [-0.2, 0) is 0 Å². The van der Waals surface area contributed by atoms with Crippen molar-refractivity contribution in [2.75, 3.05) is 10.7 Å². The van der Waals surface area contributed by atoms with Crippen LogP contribution in [0.4, 0.5) is 18.9 Å². The van der Waals surface area contributed by atoms with Crippen molar-refractivity contribution < 1.29 is 17.9 Å². The number of anilines is 1. The van der Waals surface area contributed by atoms with Crippen LogP contribution in [0.3, 0.4) is 0 Å². The Morgan fingerprint density at radius 3 is 2.51 bits per heavy atom. The third-order valence-corrected chi connectivity index (χ3v) is 7.37. The lowest BCUT2D eigenvalue weighted by molar-refractivity contribution is -0.274. The second-order valence-corrected chi connectivity index (χ2v) is 10.1. The lowest BCUT2D eigenvalue weighted by atomic mass is 10.1. The Labute approximate surface area is 232 Å². The molecule has 1 saturated heterocycles. The van der Waals surface area contributed by atoms with Gasteiger partial charge in [0.25, 0.3) is 0 Å². The summed E-state index contributed by atoms with van der Waals surface area (Å²) in [6.45, 7) is 4.16. The minimum Gasteiger partial charge on any atom is -0.406 e. The molecule has 2 heterocycles. The van der Waals surface area contributed by atoms with Gasteiger partial charge in [-0.15, -0.1) is 23.4 Å². The van der Waals surface area contributed by atoms with Crippen LogP contribution in [0.1, 0.15) is 18.1 Å². The van der Waals surface area contributed by atoms with Crippen LogP contribution in [0.25, 0.3) is 17.1 Å². The molecule has 1 atom stereocenters. The van der Waals surface area contributed by atoms with E-state index in [2.05, 4.69) is 36.8 Å². The highest BCUT2D eigenvalue weighted by atomic mass is 35.5. The molecule has 1 aliphatic heterocycles. The third kappa shape index (κ3) is 6.26. The number of para-hydroxylation sites is 1. The number of rotatable bonds is 6. The summed E-state index contributed by atoms with van der Waals surface area (Å²) in [5, 5.41) is 14.7. The van der Waals surface area contributed by atoms with Crippen molar-refractivity contribution in [3.8, 4) is 22.8 Å². The van der Waals surface area contributed by atoms with Gasteiger partial charge in [0.15, 0.2) is 11.0 Å². The smallest absolute Gasteiger partial charge is 0.406 e. The molecule has 0 N–H and O–H groups in total. The monoisotopic (exact) mass is 570 g/mol. The molecule has 39 heavy (non-hydrogen) atoms. The second kappa shape index (κ2) is 11.1. The van der Waals surface area contributed by atoms with Crippen molar-refractivity contribution >= 4 is 40.4 Å². The summed E-state index contributed by atoms with van der Waals surface area (Å²) in [6.07, 6.45) is -1.57. The van der Waals surface area contributed by atoms with Crippen LogP contribution in [0, 0.1) is 6.92 Å². The Hall–Kier alpha value is -3.83. The van der Waals surface area contributed by atoms with Crippen molar-refractivity contribution in [1.29, 1.82) is 0 Å². The molecular weight excluding hydrogens is 549 g/mol. The molecule has 4 aromatic rings. The molecule has 0 bridgehead atoms. The molecular formula is C27H22ClF3N6OS. The Bertz CT molecular complexity index is 1500. The number of alkyl halides is 3. The van der Waals surface area contributed by atoms with E-state index in [-0.39, 0.29) is 11.8 Å². The number of thioether (sulfide) groups is 1. The molecule has 5 rings (SSSR count). The van der Waals surface area contributed by atoms with E-state index in [1.165, 1.54) is 35.3 Å². The molecule has 12 heteroatoms. The first kappa shape index (κ1) is 26.8. The zero-order valence-electron chi connectivity index (χ0n) is 20.8. The lowest BCUT2D eigenvalue weighted by Crippen LogP contribution is -2.32. The normalized spacial score (nSPS) is 16.9. The average molecular weight is 571 g/mol. The number of hydrogen-bond donors (Lipinski definition) is 0. The molecule has 0 amide bonds. The quantitative estimate of drug-likeness (QED) is 0.182. The summed E-state index contributed by atoms with van der Waals surface area (Å²) in [7, 11) is 0. The highest BCUT2D eigenvalue weighted by Crippen LogP contribution is 2.37. The fourth-order valence-corrected chi connectivity index (χ4v) is 5.40. The molecule has 1 aliphatic rings. The number of benzene rings is 3. The number of nitrogens with zero attached hydrogens (tertiary/aromatic N) is 6. The van der Waals surface area contributed by atoms with Crippen LogP contribution in [0.5, 0.6) is 5.75 Å². The zero-order valence-corrected chi connectivity index (χ0v) is 22.4. The highest BCUT2D eigenvalue weighted by molar-refractivity contribution is 8.14. The number of ether oxygens (including phenoxy) is 1. The maximum atomic E-state index is 12.4. The molecule has 0 spiro atoms. The van der Waals surface area contributed by atoms with Gasteiger partial charge in [0.2, 0.25) is 0 Å². The lowest BCUT2D eigenvalue weighted by Gasteiger charge is -2.25. The van der Waals surface area contributed by atoms with Crippen LogP contribution in [0.2, 0.25) is 5.02 Å². The first-order chi connectivity index (χ1) is 18.7. The summed E-state index contributed by atoms with van der Waals surface area (Å²) in [6, 6.07) is 18.9. The summed E-state index contributed by atoms with van der Waals surface area (Å²) in [5.74, 6) is 1.05. The second-order valence-electron chi connectivity index (χ2n) is 8.74. The summed E-state index contributed by atoms with van der Waals surface area (Å²) in [4.78, 5) is 6.44. The number of aryl methyl sites for hydroxylation is 1. The van der Waals surface area contributed by atoms with Crippen molar-refractivity contribution in [3.05, 3.63) is 89.2 Å². The van der Waals surface area contributed by atoms with Crippen LogP contribution in [-0.4, -0.2) is 44.3 Å². The van der Waals surface area contributed by atoms with E-state index in [1.807, 2.05) is 49.4 Å². The third-order valence-electron chi connectivity index (χ3n) is 5.88. The van der Waals surface area contributed by atoms with Gasteiger partial charge in [-0.3, -0.25) is 0 Å². The molecule has 1 aromatic heterocycles. The standard InChI is InChI=1S/C27H22ClF3N6OS/c1-17-4-3-5-23(28)24(17)37-18(2)15-39-26(37)34-33-14-19-6-8-20(9-7-19)25-32-16-36(35-25)21-10-12-22(13-11-21)38-27(29,30)31/h3-14,16,18H,15H2,1-2H3/b33-14+,34-26-. The fourth-order valence-electron chi connectivity index (χ4n) is 4.03. The van der Waals surface area contributed by atoms with Gasteiger partial charge in [-0.25, -0.2) is 9.67 Å². The Morgan fingerprint density at radius 1 is 1.08 bits per heavy atom. The van der Waals surface area contributed by atoms with E-state index in [0.29, 0.717) is 16.5 Å². The first-order valence-corrected chi connectivity index (χ1v) is 13.2. The summed E-state index contributed by atoms with van der Waals surface area (Å²) >= 11 is 8.14. The van der Waals surface area contributed by atoms with Gasteiger partial charge in [-0.2, -0.15) is 5.10 Å². The molecule has 7 nitrogen and oxygen atoms in total. The molecule has 200 valence electrons. The zero-order chi connectivity index (χ0) is 27.6. The topological polar surface area (TPSA) is 67.9 Å². The maximum Gasteiger partial charge on any atom is 0.573 e. The van der Waals surface area contributed by atoms with Gasteiger partial charge in [0.1, 0.15) is 12.1 Å². The van der Waals surface area contributed by atoms with Gasteiger partial charge in [0.05, 0.1) is 22.6 Å². The predicted octanol–water partition coefficient (Wildman–Crippen LogP) is 7.13. The van der Waals surface area contributed by atoms with Gasteiger partial charge in [-0.1, -0.05) is 59.8 Å². The number of halogens is 4.